The fourth-order valence-corrected chi connectivity index (χ4v) is 3.31. The molecule has 6 nitrogen and oxygen atoms in total. The van der Waals surface area contributed by atoms with E-state index < -0.39 is 24.4 Å². The van der Waals surface area contributed by atoms with Crippen molar-refractivity contribution in [1.82, 2.24) is 10.3 Å². The third kappa shape index (κ3) is 6.19. The van der Waals surface area contributed by atoms with Gasteiger partial charge in [-0.3, -0.25) is 9.78 Å². The predicted molar refractivity (Wildman–Crippen MR) is 109 cm³/mol. The number of oxime groups is 1. The number of nitrogens with zero attached hydrogens (tertiary/aromatic N) is 2. The maximum atomic E-state index is 12.4. The van der Waals surface area contributed by atoms with Crippen LogP contribution in [0.5, 0.6) is 5.75 Å². The zero-order valence-corrected chi connectivity index (χ0v) is 17.5. The van der Waals surface area contributed by atoms with Crippen LogP contribution in [0.15, 0.2) is 47.8 Å². The molecule has 1 amide bonds. The molecule has 0 saturated heterocycles. The first-order valence-electron chi connectivity index (χ1n) is 9.80. The molecule has 2 unspecified atom stereocenters. The summed E-state index contributed by atoms with van der Waals surface area (Å²) in [6, 6.07) is 10.1. The number of pyridine rings is 1. The van der Waals surface area contributed by atoms with Crippen LogP contribution in [0.1, 0.15) is 50.1 Å². The van der Waals surface area contributed by atoms with Crippen LogP contribution in [0.4, 0.5) is 13.2 Å². The Bertz CT molecular complexity index is 943. The number of carbonyl (C=O) groups excluding carboxylic acids is 1. The van der Waals surface area contributed by atoms with Crippen molar-refractivity contribution in [2.75, 3.05) is 6.61 Å². The lowest BCUT2D eigenvalue weighted by molar-refractivity contribution is -0.153. The zero-order valence-electron chi connectivity index (χ0n) is 17.5. The summed E-state index contributed by atoms with van der Waals surface area (Å²) < 4.78 is 41.2. The third-order valence-electron chi connectivity index (χ3n) is 4.91. The number of rotatable bonds is 7. The van der Waals surface area contributed by atoms with Crippen LogP contribution in [0, 0.1) is 0 Å². The summed E-state index contributed by atoms with van der Waals surface area (Å²) in [6.45, 7) is 4.27. The van der Waals surface area contributed by atoms with E-state index in [1.165, 1.54) is 18.3 Å². The quantitative estimate of drug-likeness (QED) is 0.697. The van der Waals surface area contributed by atoms with Gasteiger partial charge in [-0.15, -0.1) is 0 Å². The molecule has 2 heterocycles. The van der Waals surface area contributed by atoms with Gasteiger partial charge < -0.3 is 14.9 Å². The molecular weight excluding hydrogens is 411 g/mol. The minimum Gasteiger partial charge on any atom is -0.483 e. The minimum atomic E-state index is -4.41. The lowest BCUT2D eigenvalue weighted by Crippen LogP contribution is -2.28. The number of halogens is 3. The van der Waals surface area contributed by atoms with E-state index in [1.807, 2.05) is 38.1 Å². The fourth-order valence-electron chi connectivity index (χ4n) is 3.31. The number of hydrogen-bond donors (Lipinski definition) is 1. The van der Waals surface area contributed by atoms with Gasteiger partial charge in [0.25, 0.3) is 0 Å². The highest BCUT2D eigenvalue weighted by Gasteiger charge is 2.34. The second-order valence-electron chi connectivity index (χ2n) is 7.81. The van der Waals surface area contributed by atoms with E-state index in [4.69, 9.17) is 4.84 Å². The second kappa shape index (κ2) is 8.95. The average Bonchev–Trinajstić information content (AvgIpc) is 3.06. The number of alkyl halides is 3. The predicted octanol–water partition coefficient (Wildman–Crippen LogP) is 4.45. The molecule has 1 N–H and O–H groups in total. The standard InChI is InChI=1S/C22H24F3N3O3/c1-14-11-21(3,31-28-14)17-6-4-16(5-7-17)10-20(29)27-15(2)19-9-8-18(12-26-19)30-13-22(23,24)25/h4-9,12,15H,10-11,13H2,1-3H3,(H,27,29). The number of amides is 1. The van der Waals surface area contributed by atoms with Crippen LogP contribution in [-0.4, -0.2) is 29.4 Å². The molecule has 1 aromatic heterocycles. The molecule has 0 fully saturated rings. The summed E-state index contributed by atoms with van der Waals surface area (Å²) >= 11 is 0. The lowest BCUT2D eigenvalue weighted by atomic mass is 9.90. The van der Waals surface area contributed by atoms with Crippen molar-refractivity contribution in [1.29, 1.82) is 0 Å². The summed E-state index contributed by atoms with van der Waals surface area (Å²) in [5.74, 6) is -0.179. The Kier molecular flexibility index (Phi) is 6.52. The van der Waals surface area contributed by atoms with Gasteiger partial charge in [0.05, 0.1) is 30.1 Å². The highest BCUT2D eigenvalue weighted by Crippen LogP contribution is 2.34. The van der Waals surface area contributed by atoms with Crippen molar-refractivity contribution in [3.8, 4) is 5.75 Å². The Balaban J connectivity index is 1.52. The molecule has 1 aliphatic rings. The Morgan fingerprint density at radius 1 is 1.26 bits per heavy atom. The van der Waals surface area contributed by atoms with E-state index >= 15 is 0 Å². The maximum absolute atomic E-state index is 12.4. The Morgan fingerprint density at radius 2 is 1.97 bits per heavy atom. The average molecular weight is 435 g/mol. The van der Waals surface area contributed by atoms with Gasteiger partial charge >= 0.3 is 6.18 Å². The summed E-state index contributed by atoms with van der Waals surface area (Å²) in [4.78, 5) is 22.0. The van der Waals surface area contributed by atoms with E-state index in [1.54, 1.807) is 6.92 Å². The van der Waals surface area contributed by atoms with Crippen molar-refractivity contribution in [2.24, 2.45) is 5.16 Å². The highest BCUT2D eigenvalue weighted by molar-refractivity contribution is 5.83. The van der Waals surface area contributed by atoms with Crippen LogP contribution in [0.2, 0.25) is 0 Å². The Hall–Kier alpha value is -3.10. The summed E-state index contributed by atoms with van der Waals surface area (Å²) in [6.07, 6.45) is -2.30. The highest BCUT2D eigenvalue weighted by atomic mass is 19.4. The number of aromatic nitrogens is 1. The molecule has 0 bridgehead atoms. The van der Waals surface area contributed by atoms with Crippen LogP contribution in [0.25, 0.3) is 0 Å². The molecule has 3 rings (SSSR count). The minimum absolute atomic E-state index is 0.0141. The molecule has 0 saturated carbocycles. The van der Waals surface area contributed by atoms with E-state index in [0.29, 0.717) is 5.69 Å². The van der Waals surface area contributed by atoms with Gasteiger partial charge in [0.15, 0.2) is 12.2 Å². The molecule has 166 valence electrons. The molecule has 0 aliphatic carbocycles. The molecule has 2 aromatic rings. The van der Waals surface area contributed by atoms with Gasteiger partial charge in [0.2, 0.25) is 5.91 Å². The van der Waals surface area contributed by atoms with Crippen molar-refractivity contribution in [3.63, 3.8) is 0 Å². The number of carbonyl (C=O) groups is 1. The summed E-state index contributed by atoms with van der Waals surface area (Å²) in [5.41, 5.74) is 2.80. The van der Waals surface area contributed by atoms with E-state index in [9.17, 15) is 18.0 Å². The largest absolute Gasteiger partial charge is 0.483 e. The van der Waals surface area contributed by atoms with Gasteiger partial charge in [0, 0.05) is 6.42 Å². The SMILES string of the molecule is CC1=NOC(C)(c2ccc(CC(=O)NC(C)c3ccc(OCC(F)(F)F)cn3)cc2)C1. The van der Waals surface area contributed by atoms with E-state index in [2.05, 4.69) is 20.2 Å². The van der Waals surface area contributed by atoms with Crippen molar-refractivity contribution in [3.05, 3.63) is 59.4 Å². The lowest BCUT2D eigenvalue weighted by Gasteiger charge is -2.22. The topological polar surface area (TPSA) is 72.8 Å². The van der Waals surface area contributed by atoms with Crippen LogP contribution >= 0.6 is 0 Å². The van der Waals surface area contributed by atoms with Gasteiger partial charge in [0.1, 0.15) is 5.75 Å². The van der Waals surface area contributed by atoms with E-state index in [-0.39, 0.29) is 18.1 Å². The molecule has 1 aliphatic heterocycles. The maximum Gasteiger partial charge on any atom is 0.422 e. The van der Waals surface area contributed by atoms with Gasteiger partial charge in [-0.1, -0.05) is 29.4 Å². The molecule has 9 heteroatoms. The number of nitrogens with one attached hydrogen (secondary N) is 1. The Labute approximate surface area is 178 Å². The first-order valence-corrected chi connectivity index (χ1v) is 9.80. The first-order chi connectivity index (χ1) is 14.5. The summed E-state index contributed by atoms with van der Waals surface area (Å²) in [5, 5.41) is 6.85. The van der Waals surface area contributed by atoms with Crippen molar-refractivity contribution in [2.45, 2.75) is 51.4 Å². The molecule has 2 atom stereocenters. The fraction of sp³-hybridized carbons (Fsp3) is 0.409. The smallest absolute Gasteiger partial charge is 0.422 e. The molecule has 31 heavy (non-hydrogen) atoms. The monoisotopic (exact) mass is 435 g/mol. The van der Waals surface area contributed by atoms with Gasteiger partial charge in [-0.25, -0.2) is 0 Å². The van der Waals surface area contributed by atoms with Gasteiger partial charge in [-0.05, 0) is 44.0 Å². The zero-order chi connectivity index (χ0) is 22.6. The third-order valence-corrected chi connectivity index (χ3v) is 4.91. The Morgan fingerprint density at radius 3 is 2.52 bits per heavy atom. The molecular formula is C22H24F3N3O3. The molecule has 0 radical (unpaired) electrons. The second-order valence-corrected chi connectivity index (χ2v) is 7.81. The summed E-state index contributed by atoms with van der Waals surface area (Å²) in [7, 11) is 0. The number of ether oxygens (including phenoxy) is 1. The number of hydrogen-bond acceptors (Lipinski definition) is 5. The molecule has 0 spiro atoms. The van der Waals surface area contributed by atoms with E-state index in [0.717, 1.165) is 23.3 Å². The van der Waals surface area contributed by atoms with Gasteiger partial charge in [-0.2, -0.15) is 13.2 Å². The number of benzene rings is 1. The van der Waals surface area contributed by atoms with Crippen molar-refractivity contribution < 1.29 is 27.5 Å². The normalized spacial score (nSPS) is 19.4. The molecule has 1 aromatic carbocycles. The first kappa shape index (κ1) is 22.6. The van der Waals surface area contributed by atoms with Crippen molar-refractivity contribution >= 4 is 11.6 Å². The van der Waals surface area contributed by atoms with Crippen LogP contribution in [-0.2, 0) is 21.7 Å². The van der Waals surface area contributed by atoms with Crippen LogP contribution in [0.3, 0.4) is 0 Å². The van der Waals surface area contributed by atoms with Crippen LogP contribution < -0.4 is 10.1 Å².